The minimum absolute atomic E-state index is 0.0396. The van der Waals surface area contributed by atoms with Crippen LogP contribution < -0.4 is 20.3 Å². The summed E-state index contributed by atoms with van der Waals surface area (Å²) >= 11 is 0. The molecule has 0 heterocycles. The largest absolute Gasteiger partial charge is 0.497 e. The summed E-state index contributed by atoms with van der Waals surface area (Å²) in [5.74, 6) is 0.793. The van der Waals surface area contributed by atoms with Gasteiger partial charge >= 0.3 is 0 Å². The van der Waals surface area contributed by atoms with E-state index in [1.165, 1.54) is 0 Å². The van der Waals surface area contributed by atoms with Crippen molar-refractivity contribution in [3.63, 3.8) is 0 Å². The van der Waals surface area contributed by atoms with Gasteiger partial charge < -0.3 is 9.47 Å². The lowest BCUT2D eigenvalue weighted by molar-refractivity contribution is -0.133. The molecule has 0 aromatic heterocycles. The van der Waals surface area contributed by atoms with Crippen molar-refractivity contribution in [1.82, 2.24) is 10.9 Å². The zero-order chi connectivity index (χ0) is 14.4. The maximum Gasteiger partial charge on any atom is 0.276 e. The molecule has 6 nitrogen and oxygen atoms in total. The Hall–Kier alpha value is -2.24. The lowest BCUT2D eigenvalue weighted by Gasteiger charge is -2.23. The second-order valence-corrected chi connectivity index (χ2v) is 4.63. The van der Waals surface area contributed by atoms with Gasteiger partial charge in [-0.2, -0.15) is 0 Å². The van der Waals surface area contributed by atoms with Crippen LogP contribution in [-0.4, -0.2) is 25.5 Å². The number of hydrazine groups is 1. The van der Waals surface area contributed by atoms with Gasteiger partial charge in [0.25, 0.3) is 5.91 Å². The summed E-state index contributed by atoms with van der Waals surface area (Å²) in [6.07, 6.45) is 2.86. The minimum Gasteiger partial charge on any atom is -0.497 e. The third-order valence-corrected chi connectivity index (χ3v) is 3.23. The van der Waals surface area contributed by atoms with E-state index in [1.54, 1.807) is 31.4 Å². The summed E-state index contributed by atoms with van der Waals surface area (Å²) in [4.78, 5) is 23.0. The molecular weight excluding hydrogens is 260 g/mol. The van der Waals surface area contributed by atoms with Gasteiger partial charge in [-0.3, -0.25) is 20.4 Å². The number of benzene rings is 1. The van der Waals surface area contributed by atoms with Crippen LogP contribution in [0.3, 0.4) is 0 Å². The minimum atomic E-state index is -0.395. The van der Waals surface area contributed by atoms with Gasteiger partial charge in [-0.05, 0) is 37.1 Å². The van der Waals surface area contributed by atoms with Crippen LogP contribution in [0, 0.1) is 5.92 Å². The van der Waals surface area contributed by atoms with E-state index >= 15 is 0 Å². The quantitative estimate of drug-likeness (QED) is 0.788. The van der Waals surface area contributed by atoms with Gasteiger partial charge in [-0.1, -0.05) is 6.42 Å². The van der Waals surface area contributed by atoms with Crippen LogP contribution in [0.25, 0.3) is 0 Å². The number of methoxy groups -OCH3 is 1. The van der Waals surface area contributed by atoms with Crippen molar-refractivity contribution in [1.29, 1.82) is 0 Å². The van der Waals surface area contributed by atoms with Crippen LogP contribution >= 0.6 is 0 Å². The molecule has 0 spiro atoms. The Balaban J connectivity index is 1.67. The first-order chi connectivity index (χ1) is 9.69. The monoisotopic (exact) mass is 278 g/mol. The van der Waals surface area contributed by atoms with Crippen molar-refractivity contribution in [3.8, 4) is 11.5 Å². The number of hydrogen-bond donors (Lipinski definition) is 2. The molecule has 6 heteroatoms. The fourth-order valence-corrected chi connectivity index (χ4v) is 1.76. The van der Waals surface area contributed by atoms with Gasteiger partial charge in [0.1, 0.15) is 11.5 Å². The second kappa shape index (κ2) is 6.79. The number of amides is 2. The van der Waals surface area contributed by atoms with Gasteiger partial charge in [0, 0.05) is 5.92 Å². The first-order valence-electron chi connectivity index (χ1n) is 6.54. The highest BCUT2D eigenvalue weighted by Gasteiger charge is 2.25. The van der Waals surface area contributed by atoms with E-state index in [2.05, 4.69) is 10.9 Å². The van der Waals surface area contributed by atoms with Gasteiger partial charge in [0.2, 0.25) is 5.91 Å². The van der Waals surface area contributed by atoms with Crippen molar-refractivity contribution in [2.75, 3.05) is 13.7 Å². The number of hydrogen-bond acceptors (Lipinski definition) is 4. The van der Waals surface area contributed by atoms with E-state index in [0.717, 1.165) is 25.0 Å². The molecule has 1 aliphatic carbocycles. The summed E-state index contributed by atoms with van der Waals surface area (Å²) in [6, 6.07) is 6.90. The Morgan fingerprint density at radius 2 is 1.80 bits per heavy atom. The molecule has 2 rings (SSSR count). The highest BCUT2D eigenvalue weighted by Crippen LogP contribution is 2.25. The molecule has 0 saturated heterocycles. The summed E-state index contributed by atoms with van der Waals surface area (Å²) < 4.78 is 10.3. The smallest absolute Gasteiger partial charge is 0.276 e. The fourth-order valence-electron chi connectivity index (χ4n) is 1.76. The average Bonchev–Trinajstić information content (AvgIpc) is 2.41. The number of carbonyl (C=O) groups is 2. The van der Waals surface area contributed by atoms with Crippen molar-refractivity contribution in [2.45, 2.75) is 19.3 Å². The van der Waals surface area contributed by atoms with Crippen molar-refractivity contribution in [3.05, 3.63) is 24.3 Å². The van der Waals surface area contributed by atoms with Crippen molar-refractivity contribution in [2.24, 2.45) is 5.92 Å². The van der Waals surface area contributed by atoms with Crippen LogP contribution in [0.1, 0.15) is 19.3 Å². The number of rotatable bonds is 5. The summed E-state index contributed by atoms with van der Waals surface area (Å²) in [5.41, 5.74) is 4.74. The molecule has 1 aromatic rings. The first-order valence-corrected chi connectivity index (χ1v) is 6.54. The fraction of sp³-hybridized carbons (Fsp3) is 0.429. The topological polar surface area (TPSA) is 76.7 Å². The number of ether oxygens (including phenoxy) is 2. The maximum absolute atomic E-state index is 11.5. The van der Waals surface area contributed by atoms with E-state index < -0.39 is 5.91 Å². The van der Waals surface area contributed by atoms with Gasteiger partial charge in [-0.15, -0.1) is 0 Å². The Labute approximate surface area is 117 Å². The molecule has 2 N–H and O–H groups in total. The van der Waals surface area contributed by atoms with E-state index in [4.69, 9.17) is 9.47 Å². The van der Waals surface area contributed by atoms with Gasteiger partial charge in [0.05, 0.1) is 7.11 Å². The standard InChI is InChI=1S/C14H18N2O4/c1-19-11-5-7-12(8-6-11)20-9-13(17)15-16-14(18)10-3-2-4-10/h5-8,10H,2-4,9H2,1H3,(H,15,17)(H,16,18). The molecule has 1 aromatic carbocycles. The first kappa shape index (κ1) is 14.2. The van der Waals surface area contributed by atoms with Crippen LogP contribution in [0.2, 0.25) is 0 Å². The molecule has 0 atom stereocenters. The lowest BCUT2D eigenvalue weighted by atomic mass is 9.85. The lowest BCUT2D eigenvalue weighted by Crippen LogP contribution is -2.47. The molecule has 1 aliphatic rings. The summed E-state index contributed by atoms with van der Waals surface area (Å²) in [5, 5.41) is 0. The Morgan fingerprint density at radius 1 is 1.15 bits per heavy atom. The molecule has 2 amide bonds. The van der Waals surface area contributed by atoms with Crippen LogP contribution in [0.5, 0.6) is 11.5 Å². The molecule has 1 fully saturated rings. The molecule has 108 valence electrons. The van der Waals surface area contributed by atoms with E-state index in [1.807, 2.05) is 0 Å². The third kappa shape index (κ3) is 3.88. The van der Waals surface area contributed by atoms with Gasteiger partial charge in [0.15, 0.2) is 6.61 Å². The Bertz CT molecular complexity index is 469. The molecule has 0 bridgehead atoms. The van der Waals surface area contributed by atoms with Crippen LogP contribution in [0.4, 0.5) is 0 Å². The highest BCUT2D eigenvalue weighted by molar-refractivity contribution is 5.84. The molecular formula is C14H18N2O4. The zero-order valence-electron chi connectivity index (χ0n) is 11.3. The highest BCUT2D eigenvalue weighted by atomic mass is 16.5. The SMILES string of the molecule is COc1ccc(OCC(=O)NNC(=O)C2CCC2)cc1. The molecule has 20 heavy (non-hydrogen) atoms. The Kier molecular flexibility index (Phi) is 4.81. The van der Waals surface area contributed by atoms with Crippen LogP contribution in [-0.2, 0) is 9.59 Å². The van der Waals surface area contributed by atoms with E-state index in [0.29, 0.717) is 5.75 Å². The zero-order valence-corrected chi connectivity index (χ0v) is 11.3. The van der Waals surface area contributed by atoms with Crippen molar-refractivity contribution >= 4 is 11.8 Å². The van der Waals surface area contributed by atoms with Crippen molar-refractivity contribution < 1.29 is 19.1 Å². The molecule has 1 saturated carbocycles. The third-order valence-electron chi connectivity index (χ3n) is 3.23. The summed E-state index contributed by atoms with van der Waals surface area (Å²) in [6.45, 7) is -0.155. The summed E-state index contributed by atoms with van der Waals surface area (Å²) in [7, 11) is 1.58. The number of carbonyl (C=O) groups excluding carboxylic acids is 2. The van der Waals surface area contributed by atoms with Gasteiger partial charge in [-0.25, -0.2) is 0 Å². The number of nitrogens with one attached hydrogen (secondary N) is 2. The predicted octanol–water partition coefficient (Wildman–Crippen LogP) is 1.02. The van der Waals surface area contributed by atoms with Crippen LogP contribution in [0.15, 0.2) is 24.3 Å². The maximum atomic E-state index is 11.5. The molecule has 0 unspecified atom stereocenters. The Morgan fingerprint density at radius 3 is 2.35 bits per heavy atom. The molecule has 0 aliphatic heterocycles. The second-order valence-electron chi connectivity index (χ2n) is 4.63. The van der Waals surface area contributed by atoms with E-state index in [-0.39, 0.29) is 18.4 Å². The normalized spacial score (nSPS) is 14.1. The predicted molar refractivity (Wildman–Crippen MR) is 72.1 cm³/mol. The van der Waals surface area contributed by atoms with E-state index in [9.17, 15) is 9.59 Å². The average molecular weight is 278 g/mol. The molecule has 0 radical (unpaired) electrons.